The van der Waals surface area contributed by atoms with Crippen molar-refractivity contribution in [3.05, 3.63) is 57.0 Å². The van der Waals surface area contributed by atoms with Crippen LogP contribution in [-0.4, -0.2) is 20.0 Å². The average molecular weight is 343 g/mol. The van der Waals surface area contributed by atoms with Crippen LogP contribution >= 0.6 is 22.9 Å². The monoisotopic (exact) mass is 342 g/mol. The van der Waals surface area contributed by atoms with Crippen molar-refractivity contribution in [1.82, 2.24) is 20.0 Å². The Balaban J connectivity index is 2.06. The molecule has 0 unspecified atom stereocenters. The molecular weight excluding hydrogens is 332 g/mol. The Morgan fingerprint density at radius 1 is 1.22 bits per heavy atom. The van der Waals surface area contributed by atoms with Crippen LogP contribution in [0.2, 0.25) is 5.02 Å². The van der Waals surface area contributed by atoms with Crippen LogP contribution in [0.5, 0.6) is 0 Å². The lowest BCUT2D eigenvalue weighted by atomic mass is 10.2. The molecule has 7 heteroatoms. The van der Waals surface area contributed by atoms with Gasteiger partial charge in [0.2, 0.25) is 0 Å². The highest BCUT2D eigenvalue weighted by Crippen LogP contribution is 2.30. The third kappa shape index (κ3) is 2.22. The van der Waals surface area contributed by atoms with Gasteiger partial charge in [0.15, 0.2) is 0 Å². The summed E-state index contributed by atoms with van der Waals surface area (Å²) in [5.41, 5.74) is 3.00. The second kappa shape index (κ2) is 5.11. The van der Waals surface area contributed by atoms with Gasteiger partial charge in [-0.25, -0.2) is 4.98 Å². The van der Waals surface area contributed by atoms with Crippen LogP contribution in [0.15, 0.2) is 35.1 Å². The highest BCUT2D eigenvalue weighted by Gasteiger charge is 2.15. The van der Waals surface area contributed by atoms with Gasteiger partial charge >= 0.3 is 0 Å². The minimum absolute atomic E-state index is 0.212. The number of aryl methyl sites for hydroxylation is 2. The lowest BCUT2D eigenvalue weighted by Gasteiger charge is -2.03. The molecule has 0 radical (unpaired) electrons. The lowest BCUT2D eigenvalue weighted by Crippen LogP contribution is -2.21. The van der Waals surface area contributed by atoms with Gasteiger partial charge in [0.05, 0.1) is 5.69 Å². The predicted molar refractivity (Wildman–Crippen MR) is 92.8 cm³/mol. The summed E-state index contributed by atoms with van der Waals surface area (Å²) >= 11 is 7.34. The van der Waals surface area contributed by atoms with Gasteiger partial charge in [-0.15, -0.1) is 16.4 Å². The Labute approximate surface area is 140 Å². The highest BCUT2D eigenvalue weighted by atomic mass is 35.5. The number of halogens is 1. The van der Waals surface area contributed by atoms with Crippen LogP contribution in [0.25, 0.3) is 26.1 Å². The van der Waals surface area contributed by atoms with Crippen LogP contribution in [0, 0.1) is 13.8 Å². The molecule has 0 fully saturated rings. The maximum Gasteiger partial charge on any atom is 0.292 e. The first kappa shape index (κ1) is 14.3. The van der Waals surface area contributed by atoms with Crippen molar-refractivity contribution < 1.29 is 0 Å². The highest BCUT2D eigenvalue weighted by molar-refractivity contribution is 7.25. The molecule has 0 aliphatic rings. The average Bonchev–Trinajstić information content (AvgIpc) is 2.87. The Morgan fingerprint density at radius 2 is 2.04 bits per heavy atom. The van der Waals surface area contributed by atoms with Gasteiger partial charge in [-0.3, -0.25) is 4.79 Å². The number of aromatic nitrogens is 4. The number of pyridine rings is 1. The van der Waals surface area contributed by atoms with Gasteiger partial charge in [0, 0.05) is 16.1 Å². The minimum atomic E-state index is -0.212. The predicted octanol–water partition coefficient (Wildman–Crippen LogP) is 3.66. The van der Waals surface area contributed by atoms with Crippen molar-refractivity contribution in [1.29, 1.82) is 0 Å². The zero-order valence-corrected chi connectivity index (χ0v) is 13.9. The minimum Gasteiger partial charge on any atom is -0.266 e. The Hall–Kier alpha value is -2.31. The fourth-order valence-electron chi connectivity index (χ4n) is 2.45. The molecule has 3 aromatic heterocycles. The van der Waals surface area contributed by atoms with Gasteiger partial charge in [-0.2, -0.15) is 4.68 Å². The normalized spacial score (nSPS) is 11.4. The van der Waals surface area contributed by atoms with Gasteiger partial charge in [-0.1, -0.05) is 22.9 Å². The second-order valence-corrected chi connectivity index (χ2v) is 6.74. The lowest BCUT2D eigenvalue weighted by molar-refractivity contribution is 0.740. The zero-order valence-electron chi connectivity index (χ0n) is 12.4. The zero-order chi connectivity index (χ0) is 16.1. The summed E-state index contributed by atoms with van der Waals surface area (Å²) in [7, 11) is 0. The van der Waals surface area contributed by atoms with E-state index in [-0.39, 0.29) is 5.56 Å². The van der Waals surface area contributed by atoms with Crippen LogP contribution in [0.4, 0.5) is 0 Å². The van der Waals surface area contributed by atoms with E-state index < -0.39 is 0 Å². The van der Waals surface area contributed by atoms with E-state index in [4.69, 9.17) is 11.6 Å². The molecule has 114 valence electrons. The van der Waals surface area contributed by atoms with E-state index >= 15 is 0 Å². The molecule has 0 N–H and O–H groups in total. The number of hydrogen-bond donors (Lipinski definition) is 0. The van der Waals surface area contributed by atoms with Gasteiger partial charge in [0.1, 0.15) is 15.0 Å². The van der Waals surface area contributed by atoms with Crippen molar-refractivity contribution in [3.63, 3.8) is 0 Å². The smallest absolute Gasteiger partial charge is 0.266 e. The summed E-state index contributed by atoms with van der Waals surface area (Å²) in [5.74, 6) is 0. The van der Waals surface area contributed by atoms with Crippen LogP contribution < -0.4 is 5.56 Å². The SMILES string of the molecule is Cc1cc2c(nc1C)sc1c(=O)n(-c3cccc(Cl)c3)nnc12. The van der Waals surface area contributed by atoms with E-state index in [0.717, 1.165) is 21.5 Å². The largest absolute Gasteiger partial charge is 0.292 e. The van der Waals surface area contributed by atoms with Gasteiger partial charge in [-0.05, 0) is 43.7 Å². The summed E-state index contributed by atoms with van der Waals surface area (Å²) in [4.78, 5) is 18.1. The fourth-order valence-corrected chi connectivity index (χ4v) is 3.69. The van der Waals surface area contributed by atoms with Gasteiger partial charge in [0.25, 0.3) is 5.56 Å². The molecular formula is C16H11ClN4OS. The summed E-state index contributed by atoms with van der Waals surface area (Å²) in [6.07, 6.45) is 0. The van der Waals surface area contributed by atoms with Crippen molar-refractivity contribution >= 4 is 43.4 Å². The quantitative estimate of drug-likeness (QED) is 0.529. The molecule has 1 aromatic carbocycles. The van der Waals surface area contributed by atoms with E-state index in [0.29, 0.717) is 20.9 Å². The topological polar surface area (TPSA) is 60.7 Å². The first-order valence-electron chi connectivity index (χ1n) is 6.97. The third-order valence-electron chi connectivity index (χ3n) is 3.77. The van der Waals surface area contributed by atoms with Crippen molar-refractivity contribution in [3.8, 4) is 5.69 Å². The van der Waals surface area contributed by atoms with E-state index in [1.54, 1.807) is 24.3 Å². The number of rotatable bonds is 1. The Bertz CT molecular complexity index is 1130. The summed E-state index contributed by atoms with van der Waals surface area (Å²) in [5, 5.41) is 9.73. The van der Waals surface area contributed by atoms with Crippen molar-refractivity contribution in [2.45, 2.75) is 13.8 Å². The van der Waals surface area contributed by atoms with Crippen molar-refractivity contribution in [2.75, 3.05) is 0 Å². The van der Waals surface area contributed by atoms with Crippen LogP contribution in [0.3, 0.4) is 0 Å². The van der Waals surface area contributed by atoms with E-state index in [2.05, 4.69) is 15.3 Å². The number of thiophene rings is 1. The Kier molecular flexibility index (Phi) is 3.18. The maximum absolute atomic E-state index is 12.8. The molecule has 0 aliphatic heterocycles. The molecule has 0 saturated carbocycles. The Morgan fingerprint density at radius 3 is 2.83 bits per heavy atom. The molecule has 4 aromatic rings. The summed E-state index contributed by atoms with van der Waals surface area (Å²) < 4.78 is 1.82. The van der Waals surface area contributed by atoms with Crippen LogP contribution in [-0.2, 0) is 0 Å². The molecule has 0 spiro atoms. The molecule has 23 heavy (non-hydrogen) atoms. The van der Waals surface area contributed by atoms with Gasteiger partial charge < -0.3 is 0 Å². The third-order valence-corrected chi connectivity index (χ3v) is 5.09. The number of hydrogen-bond acceptors (Lipinski definition) is 5. The molecule has 0 amide bonds. The van der Waals surface area contributed by atoms with Crippen molar-refractivity contribution in [2.24, 2.45) is 0 Å². The number of nitrogens with zero attached hydrogens (tertiary/aromatic N) is 4. The van der Waals surface area contributed by atoms with E-state index in [1.165, 1.54) is 16.0 Å². The van der Waals surface area contributed by atoms with E-state index in [9.17, 15) is 4.79 Å². The molecule has 4 rings (SSSR count). The number of fused-ring (bicyclic) bond motifs is 3. The second-order valence-electron chi connectivity index (χ2n) is 5.31. The summed E-state index contributed by atoms with van der Waals surface area (Å²) in [6.45, 7) is 3.95. The fraction of sp³-hybridized carbons (Fsp3) is 0.125. The molecule has 0 atom stereocenters. The van der Waals surface area contributed by atoms with Crippen LogP contribution in [0.1, 0.15) is 11.3 Å². The first-order chi connectivity index (χ1) is 11.0. The summed E-state index contributed by atoms with van der Waals surface area (Å²) in [6, 6.07) is 8.98. The molecule has 5 nitrogen and oxygen atoms in total. The van der Waals surface area contributed by atoms with E-state index in [1.807, 2.05) is 19.9 Å². The first-order valence-corrected chi connectivity index (χ1v) is 8.16. The molecule has 0 aliphatic carbocycles. The standard InChI is InChI=1S/C16H11ClN4OS/c1-8-6-12-13-14(23-15(12)18-9(8)2)16(22)21(20-19-13)11-5-3-4-10(17)7-11/h3-7H,1-2H3. The molecule has 0 bridgehead atoms. The molecule has 3 heterocycles. The maximum atomic E-state index is 12.8. The number of benzene rings is 1. The molecule has 0 saturated heterocycles.